The molecule has 0 aromatic heterocycles. The lowest BCUT2D eigenvalue weighted by Gasteiger charge is -2.54. The molecule has 1 aliphatic heterocycles. The molecule has 2 N–H and O–H groups in total. The topological polar surface area (TPSA) is 45.7 Å². The lowest BCUT2D eigenvalue weighted by Crippen LogP contribution is -2.67. The largest absolute Gasteiger partial charge is 0.416 e. The Morgan fingerprint density at radius 2 is 2.15 bits per heavy atom. The van der Waals surface area contributed by atoms with Gasteiger partial charge in [0.25, 0.3) is 0 Å². The number of halogens is 3. The average molecular weight is 379 g/mol. The Morgan fingerprint density at radius 1 is 1.37 bits per heavy atom. The van der Waals surface area contributed by atoms with Gasteiger partial charge in [-0.25, -0.2) is 0 Å². The number of ether oxygens (including phenoxy) is 1. The first-order valence-electron chi connectivity index (χ1n) is 8.98. The number of fused-ring (bicyclic) bond motifs is 1. The second-order valence-corrected chi connectivity index (χ2v) is 7.49. The standard InChI is InChI=1S/C20H24F3N3O/c1-19(2)16(15-9-11-27-17(15)19)26-18(24-3)25-10-5-7-13-6-4-8-14(12-13)20(21,22)23/h4,6,8,12,15-17H,9-11H2,1-3H3,(H2,24,25,26). The molecule has 0 amide bonds. The van der Waals surface area contributed by atoms with Crippen molar-refractivity contribution in [1.29, 1.82) is 0 Å². The van der Waals surface area contributed by atoms with E-state index in [4.69, 9.17) is 4.74 Å². The van der Waals surface area contributed by atoms with Crippen molar-refractivity contribution in [3.63, 3.8) is 0 Å². The first-order valence-corrected chi connectivity index (χ1v) is 8.98. The molecule has 7 heteroatoms. The van der Waals surface area contributed by atoms with Crippen molar-refractivity contribution in [3.05, 3.63) is 35.4 Å². The number of rotatable bonds is 2. The highest BCUT2D eigenvalue weighted by atomic mass is 19.4. The molecule has 0 radical (unpaired) electrons. The molecule has 1 saturated heterocycles. The normalized spacial score (nSPS) is 26.4. The maximum Gasteiger partial charge on any atom is 0.416 e. The third kappa shape index (κ3) is 4.06. The molecule has 1 aromatic carbocycles. The molecular formula is C20H24F3N3O. The maximum atomic E-state index is 12.7. The van der Waals surface area contributed by atoms with Crippen molar-refractivity contribution in [3.8, 4) is 11.8 Å². The first kappa shape index (κ1) is 19.6. The minimum absolute atomic E-state index is 0.0303. The van der Waals surface area contributed by atoms with Gasteiger partial charge in [-0.05, 0) is 24.6 Å². The van der Waals surface area contributed by atoms with Crippen molar-refractivity contribution in [2.75, 3.05) is 20.2 Å². The van der Waals surface area contributed by atoms with E-state index in [1.54, 1.807) is 13.1 Å². The Balaban J connectivity index is 1.55. The molecule has 1 aromatic rings. The fraction of sp³-hybridized carbons (Fsp3) is 0.550. The Hall–Kier alpha value is -2.20. The van der Waals surface area contributed by atoms with E-state index in [-0.39, 0.29) is 24.1 Å². The SMILES string of the molecule is CN=C(NCC#Cc1cccc(C(F)(F)F)c1)NC1C2CCOC2C1(C)C. The monoisotopic (exact) mass is 379 g/mol. The molecule has 2 fully saturated rings. The van der Waals surface area contributed by atoms with Gasteiger partial charge in [-0.3, -0.25) is 4.99 Å². The van der Waals surface area contributed by atoms with Crippen molar-refractivity contribution < 1.29 is 17.9 Å². The van der Waals surface area contributed by atoms with Gasteiger partial charge < -0.3 is 15.4 Å². The Kier molecular flexibility index (Phi) is 5.38. The molecule has 146 valence electrons. The van der Waals surface area contributed by atoms with Gasteiger partial charge >= 0.3 is 6.18 Å². The predicted octanol–water partition coefficient (Wildman–Crippen LogP) is 3.04. The minimum atomic E-state index is -4.36. The van der Waals surface area contributed by atoms with Crippen molar-refractivity contribution >= 4 is 5.96 Å². The summed E-state index contributed by atoms with van der Waals surface area (Å²) in [4.78, 5) is 4.22. The summed E-state index contributed by atoms with van der Waals surface area (Å²) in [6, 6.07) is 5.28. The molecule has 2 aliphatic rings. The lowest BCUT2D eigenvalue weighted by atomic mass is 9.57. The van der Waals surface area contributed by atoms with Crippen LogP contribution in [0.1, 0.15) is 31.4 Å². The molecule has 0 spiro atoms. The summed E-state index contributed by atoms with van der Waals surface area (Å²) in [6.07, 6.45) is -3.04. The Morgan fingerprint density at radius 3 is 2.85 bits per heavy atom. The number of guanidine groups is 1. The summed E-state index contributed by atoms with van der Waals surface area (Å²) in [5.41, 5.74) is -0.330. The van der Waals surface area contributed by atoms with E-state index >= 15 is 0 Å². The zero-order valence-corrected chi connectivity index (χ0v) is 15.7. The summed E-state index contributed by atoms with van der Waals surface area (Å²) in [7, 11) is 1.68. The third-order valence-corrected chi connectivity index (χ3v) is 5.38. The maximum absolute atomic E-state index is 12.7. The van der Waals surface area contributed by atoms with Gasteiger partial charge in [-0.1, -0.05) is 31.8 Å². The number of aliphatic imine (C=N–C) groups is 1. The van der Waals surface area contributed by atoms with Crippen LogP contribution in [-0.2, 0) is 10.9 Å². The highest BCUT2D eigenvalue weighted by Crippen LogP contribution is 2.52. The van der Waals surface area contributed by atoms with Crippen LogP contribution in [0.4, 0.5) is 13.2 Å². The minimum Gasteiger partial charge on any atom is -0.377 e. The van der Waals surface area contributed by atoms with Crippen LogP contribution in [0.25, 0.3) is 0 Å². The second kappa shape index (κ2) is 7.43. The summed E-state index contributed by atoms with van der Waals surface area (Å²) in [5.74, 6) is 6.72. The zero-order valence-electron chi connectivity index (χ0n) is 15.7. The van der Waals surface area contributed by atoms with E-state index in [0.29, 0.717) is 17.4 Å². The van der Waals surface area contributed by atoms with E-state index in [1.165, 1.54) is 6.07 Å². The summed E-state index contributed by atoms with van der Waals surface area (Å²) in [6.45, 7) is 5.44. The highest BCUT2D eigenvalue weighted by molar-refractivity contribution is 5.80. The average Bonchev–Trinajstić information content (AvgIpc) is 3.08. The van der Waals surface area contributed by atoms with Gasteiger partial charge in [-0.15, -0.1) is 0 Å². The summed E-state index contributed by atoms with van der Waals surface area (Å²) in [5, 5.41) is 6.54. The summed E-state index contributed by atoms with van der Waals surface area (Å²) < 4.78 is 44.0. The number of hydrogen-bond acceptors (Lipinski definition) is 2. The molecule has 4 nitrogen and oxygen atoms in total. The summed E-state index contributed by atoms with van der Waals surface area (Å²) >= 11 is 0. The van der Waals surface area contributed by atoms with Gasteiger partial charge in [0, 0.05) is 36.6 Å². The van der Waals surface area contributed by atoms with Crippen LogP contribution in [0, 0.1) is 23.2 Å². The van der Waals surface area contributed by atoms with Crippen LogP contribution in [0.5, 0.6) is 0 Å². The van der Waals surface area contributed by atoms with Crippen LogP contribution in [0.15, 0.2) is 29.3 Å². The predicted molar refractivity (Wildman–Crippen MR) is 98.2 cm³/mol. The van der Waals surface area contributed by atoms with Crippen LogP contribution in [-0.4, -0.2) is 38.3 Å². The zero-order chi connectivity index (χ0) is 19.7. The van der Waals surface area contributed by atoms with Gasteiger partial charge in [0.05, 0.1) is 18.2 Å². The Labute approximate surface area is 157 Å². The van der Waals surface area contributed by atoms with Crippen LogP contribution >= 0.6 is 0 Å². The molecular weight excluding hydrogens is 355 g/mol. The van der Waals surface area contributed by atoms with Crippen LogP contribution in [0.2, 0.25) is 0 Å². The van der Waals surface area contributed by atoms with Crippen molar-refractivity contribution in [2.24, 2.45) is 16.3 Å². The molecule has 0 bridgehead atoms. The molecule has 3 atom stereocenters. The van der Waals surface area contributed by atoms with E-state index < -0.39 is 11.7 Å². The van der Waals surface area contributed by atoms with Crippen molar-refractivity contribution in [1.82, 2.24) is 10.6 Å². The van der Waals surface area contributed by atoms with Gasteiger partial charge in [-0.2, -0.15) is 13.2 Å². The van der Waals surface area contributed by atoms with Crippen LogP contribution < -0.4 is 10.6 Å². The third-order valence-electron chi connectivity index (χ3n) is 5.38. The fourth-order valence-electron chi connectivity index (χ4n) is 4.01. The fourth-order valence-corrected chi connectivity index (χ4v) is 4.01. The van der Waals surface area contributed by atoms with Crippen LogP contribution in [0.3, 0.4) is 0 Å². The van der Waals surface area contributed by atoms with E-state index in [0.717, 1.165) is 25.2 Å². The number of hydrogen-bond donors (Lipinski definition) is 2. The molecule has 1 saturated carbocycles. The molecule has 27 heavy (non-hydrogen) atoms. The van der Waals surface area contributed by atoms with Gasteiger partial charge in [0.15, 0.2) is 5.96 Å². The number of nitrogens with one attached hydrogen (secondary N) is 2. The number of alkyl halides is 3. The quantitative estimate of drug-likeness (QED) is 0.472. The van der Waals surface area contributed by atoms with E-state index in [1.807, 2.05) is 0 Å². The molecule has 1 heterocycles. The van der Waals surface area contributed by atoms with Gasteiger partial charge in [0.1, 0.15) is 0 Å². The van der Waals surface area contributed by atoms with E-state index in [2.05, 4.69) is 41.3 Å². The van der Waals surface area contributed by atoms with Crippen molar-refractivity contribution in [2.45, 2.75) is 38.6 Å². The highest BCUT2D eigenvalue weighted by Gasteiger charge is 2.59. The lowest BCUT2D eigenvalue weighted by molar-refractivity contribution is -0.137. The molecule has 3 unspecified atom stereocenters. The van der Waals surface area contributed by atoms with E-state index in [9.17, 15) is 13.2 Å². The molecule has 1 aliphatic carbocycles. The molecule has 3 rings (SSSR count). The Bertz CT molecular complexity index is 777. The second-order valence-electron chi connectivity index (χ2n) is 7.49. The first-order chi connectivity index (χ1) is 12.7. The number of benzene rings is 1. The smallest absolute Gasteiger partial charge is 0.377 e. The van der Waals surface area contributed by atoms with Gasteiger partial charge in [0.2, 0.25) is 0 Å². The number of nitrogens with zero attached hydrogens (tertiary/aromatic N) is 1.